The fraction of sp³-hybridized carbons (Fsp3) is 0.188. The molecule has 0 aliphatic carbocycles. The Hall–Kier alpha value is -2.74. The number of hydrogen-bond donors (Lipinski definition) is 1. The SMILES string of the molecule is Cc1nn(C)c(Cl)c1/C=C/C(=O)OCC(=O)Nc1cc(F)ccc1F. The van der Waals surface area contributed by atoms with Gasteiger partial charge in [-0.3, -0.25) is 9.48 Å². The average Bonchev–Trinajstić information content (AvgIpc) is 2.79. The number of carbonyl (C=O) groups excluding carboxylic acids is 2. The first kappa shape index (κ1) is 18.6. The zero-order valence-electron chi connectivity index (χ0n) is 13.3. The second-order valence-electron chi connectivity index (χ2n) is 5.03. The van der Waals surface area contributed by atoms with E-state index in [2.05, 4.69) is 10.4 Å². The molecule has 0 atom stereocenters. The average molecular weight is 370 g/mol. The molecular formula is C16H14ClF2N3O3. The molecule has 6 nitrogen and oxygen atoms in total. The maximum Gasteiger partial charge on any atom is 0.331 e. The van der Waals surface area contributed by atoms with Crippen LogP contribution in [0.3, 0.4) is 0 Å². The Balaban J connectivity index is 1.90. The lowest BCUT2D eigenvalue weighted by molar-refractivity contribution is -0.142. The minimum absolute atomic E-state index is 0.339. The Bertz CT molecular complexity index is 849. The molecule has 25 heavy (non-hydrogen) atoms. The van der Waals surface area contributed by atoms with Crippen LogP contribution in [-0.4, -0.2) is 28.3 Å². The maximum atomic E-state index is 13.4. The minimum Gasteiger partial charge on any atom is -0.452 e. The fourth-order valence-electron chi connectivity index (χ4n) is 1.95. The molecule has 2 aromatic rings. The van der Waals surface area contributed by atoms with Gasteiger partial charge in [0.25, 0.3) is 5.91 Å². The van der Waals surface area contributed by atoms with Gasteiger partial charge < -0.3 is 10.1 Å². The van der Waals surface area contributed by atoms with E-state index in [9.17, 15) is 18.4 Å². The minimum atomic E-state index is -0.804. The first-order chi connectivity index (χ1) is 11.8. The molecule has 0 fully saturated rings. The lowest BCUT2D eigenvalue weighted by atomic mass is 10.2. The molecule has 0 aliphatic heterocycles. The molecule has 0 aliphatic rings. The third-order valence-electron chi connectivity index (χ3n) is 3.13. The lowest BCUT2D eigenvalue weighted by Gasteiger charge is -2.06. The van der Waals surface area contributed by atoms with Crippen LogP contribution in [0.1, 0.15) is 11.3 Å². The van der Waals surface area contributed by atoms with Crippen LogP contribution < -0.4 is 5.32 Å². The molecule has 0 spiro atoms. The summed E-state index contributed by atoms with van der Waals surface area (Å²) in [6.45, 7) is 1.07. The van der Waals surface area contributed by atoms with Gasteiger partial charge in [-0.25, -0.2) is 13.6 Å². The number of aryl methyl sites for hydroxylation is 2. The van der Waals surface area contributed by atoms with Crippen molar-refractivity contribution >= 4 is 35.2 Å². The molecule has 0 radical (unpaired) electrons. The van der Waals surface area contributed by atoms with Crippen molar-refractivity contribution in [3.8, 4) is 0 Å². The van der Waals surface area contributed by atoms with E-state index < -0.39 is 30.1 Å². The van der Waals surface area contributed by atoms with Gasteiger partial charge in [-0.2, -0.15) is 5.10 Å². The molecule has 2 rings (SSSR count). The number of ether oxygens (including phenoxy) is 1. The van der Waals surface area contributed by atoms with Gasteiger partial charge in [0.2, 0.25) is 0 Å². The van der Waals surface area contributed by atoms with Crippen molar-refractivity contribution in [1.29, 1.82) is 0 Å². The van der Waals surface area contributed by atoms with Gasteiger partial charge in [-0.15, -0.1) is 0 Å². The van der Waals surface area contributed by atoms with Crippen LogP contribution in [0.5, 0.6) is 0 Å². The summed E-state index contributed by atoms with van der Waals surface area (Å²) in [6.07, 6.45) is 2.50. The second kappa shape index (κ2) is 7.89. The van der Waals surface area contributed by atoms with Crippen molar-refractivity contribution in [2.75, 3.05) is 11.9 Å². The van der Waals surface area contributed by atoms with Crippen LogP contribution in [0.25, 0.3) is 6.08 Å². The van der Waals surface area contributed by atoms with Crippen LogP contribution in [-0.2, 0) is 21.4 Å². The number of rotatable bonds is 5. The normalized spacial score (nSPS) is 10.9. The molecule has 1 N–H and O–H groups in total. The molecule has 0 bridgehead atoms. The highest BCUT2D eigenvalue weighted by atomic mass is 35.5. The Morgan fingerprint density at radius 3 is 2.76 bits per heavy atom. The van der Waals surface area contributed by atoms with E-state index in [0.29, 0.717) is 16.4 Å². The predicted octanol–water partition coefficient (Wildman–Crippen LogP) is 2.86. The summed E-state index contributed by atoms with van der Waals surface area (Å²) in [5, 5.41) is 6.54. The molecule has 0 saturated carbocycles. The number of amides is 1. The number of benzene rings is 1. The lowest BCUT2D eigenvalue weighted by Crippen LogP contribution is -2.20. The number of hydrogen-bond acceptors (Lipinski definition) is 4. The number of nitrogens with one attached hydrogen (secondary N) is 1. The van der Waals surface area contributed by atoms with Crippen LogP contribution in [0.2, 0.25) is 5.15 Å². The molecule has 0 unspecified atom stereocenters. The van der Waals surface area contributed by atoms with Crippen LogP contribution in [0, 0.1) is 18.6 Å². The molecule has 1 heterocycles. The number of carbonyl (C=O) groups is 2. The topological polar surface area (TPSA) is 73.2 Å². The van der Waals surface area contributed by atoms with Crippen molar-refractivity contribution in [2.45, 2.75) is 6.92 Å². The van der Waals surface area contributed by atoms with Crippen molar-refractivity contribution in [3.63, 3.8) is 0 Å². The first-order valence-corrected chi connectivity index (χ1v) is 7.44. The Labute approximate surface area is 147 Å². The van der Waals surface area contributed by atoms with Crippen molar-refractivity contribution in [1.82, 2.24) is 9.78 Å². The fourth-order valence-corrected chi connectivity index (χ4v) is 2.19. The van der Waals surface area contributed by atoms with Gasteiger partial charge in [0.05, 0.1) is 11.4 Å². The van der Waals surface area contributed by atoms with Crippen molar-refractivity contribution in [3.05, 3.63) is 52.3 Å². The van der Waals surface area contributed by atoms with E-state index in [-0.39, 0.29) is 5.69 Å². The number of halogens is 3. The van der Waals surface area contributed by atoms with Crippen molar-refractivity contribution < 1.29 is 23.1 Å². The third-order valence-corrected chi connectivity index (χ3v) is 3.58. The van der Waals surface area contributed by atoms with Crippen LogP contribution in [0.15, 0.2) is 24.3 Å². The molecular weight excluding hydrogens is 356 g/mol. The summed E-state index contributed by atoms with van der Waals surface area (Å²) in [5.41, 5.74) is 0.831. The summed E-state index contributed by atoms with van der Waals surface area (Å²) in [6, 6.07) is 2.61. The van der Waals surface area contributed by atoms with Crippen LogP contribution in [0.4, 0.5) is 14.5 Å². The molecule has 1 aromatic heterocycles. The molecule has 132 valence electrons. The Kier molecular flexibility index (Phi) is 5.87. The quantitative estimate of drug-likeness (QED) is 0.649. The highest BCUT2D eigenvalue weighted by Crippen LogP contribution is 2.20. The van der Waals surface area contributed by atoms with Gasteiger partial charge in [0.15, 0.2) is 6.61 Å². The smallest absolute Gasteiger partial charge is 0.331 e. The van der Waals surface area contributed by atoms with E-state index in [1.54, 1.807) is 14.0 Å². The summed E-state index contributed by atoms with van der Waals surface area (Å²) in [5.74, 6) is -3.11. The largest absolute Gasteiger partial charge is 0.452 e. The van der Waals surface area contributed by atoms with E-state index in [4.69, 9.17) is 16.3 Å². The Morgan fingerprint density at radius 1 is 1.40 bits per heavy atom. The molecule has 1 amide bonds. The highest BCUT2D eigenvalue weighted by Gasteiger charge is 2.11. The van der Waals surface area contributed by atoms with Crippen LogP contribution >= 0.6 is 11.6 Å². The van der Waals surface area contributed by atoms with E-state index >= 15 is 0 Å². The molecule has 0 saturated heterocycles. The summed E-state index contributed by atoms with van der Waals surface area (Å²) < 4.78 is 32.6. The van der Waals surface area contributed by atoms with Gasteiger partial charge in [-0.1, -0.05) is 11.6 Å². The number of aromatic nitrogens is 2. The summed E-state index contributed by atoms with van der Waals surface area (Å²) in [4.78, 5) is 23.3. The van der Waals surface area contributed by atoms with Gasteiger partial charge in [0.1, 0.15) is 16.8 Å². The predicted molar refractivity (Wildman–Crippen MR) is 87.9 cm³/mol. The number of anilines is 1. The van der Waals surface area contributed by atoms with Gasteiger partial charge >= 0.3 is 5.97 Å². The standard InChI is InChI=1S/C16H14ClF2N3O3/c1-9-11(16(17)22(2)21-9)4-6-15(24)25-8-14(23)20-13-7-10(18)3-5-12(13)19/h3-7H,8H2,1-2H3,(H,20,23)/b6-4+. The third kappa shape index (κ3) is 4.87. The second-order valence-corrected chi connectivity index (χ2v) is 5.38. The van der Waals surface area contributed by atoms with Crippen molar-refractivity contribution in [2.24, 2.45) is 7.05 Å². The highest BCUT2D eigenvalue weighted by molar-refractivity contribution is 6.31. The zero-order chi connectivity index (χ0) is 18.6. The number of nitrogens with zero attached hydrogens (tertiary/aromatic N) is 2. The van der Waals surface area contributed by atoms with Gasteiger partial charge in [-0.05, 0) is 25.1 Å². The maximum absolute atomic E-state index is 13.4. The molecule has 1 aromatic carbocycles. The van der Waals surface area contributed by atoms with E-state index in [0.717, 1.165) is 24.3 Å². The first-order valence-electron chi connectivity index (χ1n) is 7.06. The zero-order valence-corrected chi connectivity index (χ0v) is 14.1. The summed E-state index contributed by atoms with van der Waals surface area (Å²) in [7, 11) is 1.65. The van der Waals surface area contributed by atoms with Gasteiger partial charge in [0, 0.05) is 24.8 Å². The monoisotopic (exact) mass is 369 g/mol. The Morgan fingerprint density at radius 2 is 2.12 bits per heavy atom. The number of esters is 1. The summed E-state index contributed by atoms with van der Waals surface area (Å²) >= 11 is 6.01. The molecule has 9 heteroatoms. The van der Waals surface area contributed by atoms with E-state index in [1.165, 1.54) is 10.8 Å². The van der Waals surface area contributed by atoms with E-state index in [1.807, 2.05) is 0 Å².